The zero-order valence-corrected chi connectivity index (χ0v) is 30.4. The van der Waals surface area contributed by atoms with Gasteiger partial charge in [-0.15, -0.1) is 0 Å². The second-order valence-electron chi connectivity index (χ2n) is 15.4. The van der Waals surface area contributed by atoms with E-state index in [2.05, 4.69) is 131 Å². The monoisotopic (exact) mass is 702 g/mol. The Labute approximate surface area is 311 Å². The van der Waals surface area contributed by atoms with Gasteiger partial charge in [-0.25, -0.2) is 0 Å². The summed E-state index contributed by atoms with van der Waals surface area (Å²) in [7, 11) is -0.425. The van der Waals surface area contributed by atoms with Crippen LogP contribution in [0.2, 0.25) is 0 Å². The van der Waals surface area contributed by atoms with E-state index in [0.717, 1.165) is 105 Å². The topological polar surface area (TPSA) is 57.9 Å². The average molecular weight is 703 g/mol. The van der Waals surface area contributed by atoms with Crippen LogP contribution in [0.25, 0.3) is 99.2 Å². The molecular weight excluding hydrogens is 667 g/mol. The molecule has 0 unspecified atom stereocenters. The maximum atomic E-state index is 6.83. The van der Waals surface area contributed by atoms with Crippen LogP contribution in [-0.2, 0) is 9.31 Å². The van der Waals surface area contributed by atoms with Crippen LogP contribution >= 0.6 is 0 Å². The van der Waals surface area contributed by atoms with Crippen LogP contribution in [-0.4, -0.2) is 18.3 Å². The Hall–Kier alpha value is -6.08. The molecule has 0 bridgehead atoms. The first-order valence-corrected chi connectivity index (χ1v) is 18.5. The lowest BCUT2D eigenvalue weighted by Crippen LogP contribution is -2.41. The third kappa shape index (κ3) is 4.47. The van der Waals surface area contributed by atoms with Crippen LogP contribution < -0.4 is 5.46 Å². The predicted molar refractivity (Wildman–Crippen MR) is 220 cm³/mol. The maximum absolute atomic E-state index is 6.83. The molecule has 1 saturated heterocycles. The van der Waals surface area contributed by atoms with Gasteiger partial charge in [0.25, 0.3) is 0 Å². The summed E-state index contributed by atoms with van der Waals surface area (Å²) in [6.07, 6.45) is 0. The molecule has 0 radical (unpaired) electrons. The predicted octanol–water partition coefficient (Wildman–Crippen LogP) is 12.7. The van der Waals surface area contributed by atoms with E-state index in [1.165, 1.54) is 0 Å². The fourth-order valence-corrected chi connectivity index (χ4v) is 8.30. The van der Waals surface area contributed by atoms with Gasteiger partial charge in [-0.05, 0) is 80.2 Å². The number of furan rings is 3. The van der Waals surface area contributed by atoms with Gasteiger partial charge in [0.2, 0.25) is 0 Å². The first-order valence-electron chi connectivity index (χ1n) is 18.5. The molecule has 7 aromatic carbocycles. The van der Waals surface area contributed by atoms with Crippen LogP contribution in [0, 0.1) is 0 Å². The van der Waals surface area contributed by atoms with Crippen molar-refractivity contribution in [2.24, 2.45) is 0 Å². The van der Waals surface area contributed by atoms with Gasteiger partial charge >= 0.3 is 7.12 Å². The number of hydrogen-bond acceptors (Lipinski definition) is 5. The van der Waals surface area contributed by atoms with E-state index in [-0.39, 0.29) is 0 Å². The molecule has 4 heterocycles. The van der Waals surface area contributed by atoms with E-state index in [1.807, 2.05) is 36.4 Å². The number of benzene rings is 7. The van der Waals surface area contributed by atoms with Crippen molar-refractivity contribution < 1.29 is 22.6 Å². The molecule has 0 spiro atoms. The number of rotatable bonds is 4. The Morgan fingerprint density at radius 2 is 0.815 bits per heavy atom. The zero-order chi connectivity index (χ0) is 36.3. The Bertz CT molecular complexity index is 3110. The Morgan fingerprint density at radius 3 is 1.43 bits per heavy atom. The molecule has 6 heteroatoms. The summed E-state index contributed by atoms with van der Waals surface area (Å²) in [5.41, 5.74) is 11.5. The van der Waals surface area contributed by atoms with Crippen LogP contribution in [0.4, 0.5) is 0 Å². The summed E-state index contributed by atoms with van der Waals surface area (Å²) >= 11 is 0. The van der Waals surface area contributed by atoms with Gasteiger partial charge in [-0.3, -0.25) is 0 Å². The quantitative estimate of drug-likeness (QED) is 0.171. The van der Waals surface area contributed by atoms with Crippen LogP contribution in [0.5, 0.6) is 0 Å². The van der Waals surface area contributed by atoms with Crippen molar-refractivity contribution in [1.29, 1.82) is 0 Å². The van der Waals surface area contributed by atoms with Crippen molar-refractivity contribution in [3.63, 3.8) is 0 Å². The summed E-state index contributed by atoms with van der Waals surface area (Å²) in [5.74, 6) is 0. The van der Waals surface area contributed by atoms with Gasteiger partial charge in [-0.1, -0.05) is 109 Å². The van der Waals surface area contributed by atoms with Crippen molar-refractivity contribution in [1.82, 2.24) is 0 Å². The van der Waals surface area contributed by atoms with Crippen molar-refractivity contribution >= 4 is 78.4 Å². The highest BCUT2D eigenvalue weighted by Crippen LogP contribution is 2.48. The summed E-state index contributed by atoms with van der Waals surface area (Å²) in [4.78, 5) is 0. The van der Waals surface area contributed by atoms with Crippen molar-refractivity contribution in [3.8, 4) is 33.4 Å². The number of hydrogen-bond donors (Lipinski definition) is 0. The van der Waals surface area contributed by atoms with E-state index in [1.54, 1.807) is 0 Å². The summed E-state index contributed by atoms with van der Waals surface area (Å²) in [5, 5.41) is 6.42. The van der Waals surface area contributed by atoms with Gasteiger partial charge in [0.15, 0.2) is 0 Å². The molecule has 0 saturated carbocycles. The minimum atomic E-state index is -0.425. The first kappa shape index (κ1) is 31.5. The minimum absolute atomic E-state index is 0.406. The fourth-order valence-electron chi connectivity index (χ4n) is 8.30. The Morgan fingerprint density at radius 1 is 0.370 bits per heavy atom. The number of para-hydroxylation sites is 4. The Balaban J connectivity index is 1.11. The van der Waals surface area contributed by atoms with Crippen molar-refractivity contribution in [2.45, 2.75) is 38.9 Å². The highest BCUT2D eigenvalue weighted by Gasteiger charge is 2.51. The van der Waals surface area contributed by atoms with Crippen molar-refractivity contribution in [2.75, 3.05) is 0 Å². The lowest BCUT2D eigenvalue weighted by molar-refractivity contribution is 0.00578. The van der Waals surface area contributed by atoms with E-state index in [9.17, 15) is 0 Å². The van der Waals surface area contributed by atoms with E-state index < -0.39 is 18.3 Å². The third-order valence-corrected chi connectivity index (χ3v) is 11.8. The minimum Gasteiger partial charge on any atom is -0.455 e. The molecular formula is C48H35BO5. The third-order valence-electron chi connectivity index (χ3n) is 11.8. The molecule has 0 atom stereocenters. The molecule has 1 aliphatic heterocycles. The van der Waals surface area contributed by atoms with Crippen LogP contribution in [0.15, 0.2) is 153 Å². The van der Waals surface area contributed by atoms with Crippen LogP contribution in [0.3, 0.4) is 0 Å². The highest BCUT2D eigenvalue weighted by atomic mass is 16.7. The van der Waals surface area contributed by atoms with Crippen molar-refractivity contribution in [3.05, 3.63) is 140 Å². The molecule has 0 amide bonds. The fraction of sp³-hybridized carbons (Fsp3) is 0.125. The van der Waals surface area contributed by atoms with Crippen LogP contribution in [0.1, 0.15) is 27.7 Å². The SMILES string of the molecule is CC1(C)OB(c2ccc(-c3ccc(-c4ccc(-c5cccc6c5oc5ccccc56)c5c4oc4ccccc45)c4c3oc3ccccc34)cc2)OC1(C)C. The first-order chi connectivity index (χ1) is 26.3. The second kappa shape index (κ2) is 11.2. The molecule has 260 valence electrons. The molecule has 11 rings (SSSR count). The molecule has 1 aliphatic rings. The lowest BCUT2D eigenvalue weighted by Gasteiger charge is -2.32. The second-order valence-corrected chi connectivity index (χ2v) is 15.4. The molecule has 0 N–H and O–H groups in total. The number of fused-ring (bicyclic) bond motifs is 9. The lowest BCUT2D eigenvalue weighted by atomic mass is 9.78. The smallest absolute Gasteiger partial charge is 0.455 e. The van der Waals surface area contributed by atoms with Gasteiger partial charge in [0, 0.05) is 49.0 Å². The summed E-state index contributed by atoms with van der Waals surface area (Å²) in [6.45, 7) is 8.31. The van der Waals surface area contributed by atoms with Gasteiger partial charge in [0.1, 0.15) is 33.5 Å². The van der Waals surface area contributed by atoms with E-state index in [0.29, 0.717) is 0 Å². The largest absolute Gasteiger partial charge is 0.494 e. The average Bonchev–Trinajstić information content (AvgIpc) is 3.93. The highest BCUT2D eigenvalue weighted by molar-refractivity contribution is 6.62. The van der Waals surface area contributed by atoms with E-state index in [4.69, 9.17) is 22.6 Å². The summed E-state index contributed by atoms with van der Waals surface area (Å²) in [6, 6.07) is 48.4. The maximum Gasteiger partial charge on any atom is 0.494 e. The molecule has 10 aromatic rings. The molecule has 0 aliphatic carbocycles. The van der Waals surface area contributed by atoms with E-state index >= 15 is 0 Å². The molecule has 3 aromatic heterocycles. The van der Waals surface area contributed by atoms with Gasteiger partial charge in [-0.2, -0.15) is 0 Å². The zero-order valence-electron chi connectivity index (χ0n) is 30.4. The Kier molecular flexibility index (Phi) is 6.53. The molecule has 1 fully saturated rings. The summed E-state index contributed by atoms with van der Waals surface area (Å²) < 4.78 is 32.8. The normalized spacial score (nSPS) is 15.5. The van der Waals surface area contributed by atoms with Gasteiger partial charge < -0.3 is 22.6 Å². The van der Waals surface area contributed by atoms with Gasteiger partial charge in [0.05, 0.1) is 11.2 Å². The standard InChI is InChI=1S/C48H35BO5/c1-47(2)48(3,4)54-49(53-47)29-22-20-28(21-23-29)30-24-25-33(42-37-13-6-9-18-40(37)51-45(30)42)36-27-26-32(43-38-14-7-10-19-41(38)52-46(36)43)35-16-11-15-34-31-12-5-8-17-39(31)50-44(34)35/h5-27H,1-4H3. The molecule has 54 heavy (non-hydrogen) atoms. The molecule has 5 nitrogen and oxygen atoms in total.